The molecule has 1 unspecified atom stereocenters. The smallest absolute Gasteiger partial charge is 0.271 e. The average molecular weight is 406 g/mol. The minimum atomic E-state index is -1.80. The van der Waals surface area contributed by atoms with Crippen LogP contribution in [0.4, 0.5) is 10.5 Å². The maximum absolute atomic E-state index is 13.3. The molecule has 2 aliphatic heterocycles. The molecule has 1 fully saturated rings. The first-order chi connectivity index (χ1) is 14.3. The standard InChI is InChI=1S/C21H18N4O5/c1-23-18(26)21(19(27)24(2)20(23)28)16(13-6-4-3-5-7-13)12-17(22-21)14-8-10-15(11-9-14)25(29)30/h3-11,16H,12H2,1-2H3. The number of aliphatic imine (C=N–C) groups is 1. The molecule has 4 rings (SSSR count). The quantitative estimate of drug-likeness (QED) is 0.441. The normalized spacial score (nSPS) is 20.7. The molecular formula is C21H18N4O5. The van der Waals surface area contributed by atoms with Crippen LogP contribution in [0.1, 0.15) is 23.5 Å². The molecule has 4 amide bonds. The van der Waals surface area contributed by atoms with Gasteiger partial charge in [-0.05, 0) is 23.3 Å². The van der Waals surface area contributed by atoms with Crippen molar-refractivity contribution >= 4 is 29.2 Å². The largest absolute Gasteiger partial charge is 0.333 e. The Kier molecular flexibility index (Phi) is 4.45. The molecule has 0 bridgehead atoms. The molecule has 9 nitrogen and oxygen atoms in total. The predicted molar refractivity (Wildman–Crippen MR) is 107 cm³/mol. The van der Waals surface area contributed by atoms with E-state index in [1.54, 1.807) is 12.1 Å². The lowest BCUT2D eigenvalue weighted by molar-refractivity contribution is -0.384. The first-order valence-electron chi connectivity index (χ1n) is 9.26. The van der Waals surface area contributed by atoms with Crippen LogP contribution in [0.2, 0.25) is 0 Å². The summed E-state index contributed by atoms with van der Waals surface area (Å²) in [5, 5.41) is 10.9. The van der Waals surface area contributed by atoms with Crippen molar-refractivity contribution in [2.45, 2.75) is 17.9 Å². The second-order valence-electron chi connectivity index (χ2n) is 7.31. The van der Waals surface area contributed by atoms with Crippen molar-refractivity contribution in [1.29, 1.82) is 0 Å². The number of nitrogens with zero attached hydrogens (tertiary/aromatic N) is 4. The van der Waals surface area contributed by atoms with Gasteiger partial charge in [0.1, 0.15) is 0 Å². The van der Waals surface area contributed by atoms with E-state index in [0.29, 0.717) is 11.3 Å². The number of nitro benzene ring substituents is 1. The van der Waals surface area contributed by atoms with Crippen molar-refractivity contribution in [3.63, 3.8) is 0 Å². The van der Waals surface area contributed by atoms with Crippen LogP contribution in [0.3, 0.4) is 0 Å². The van der Waals surface area contributed by atoms with Crippen LogP contribution in [0.15, 0.2) is 59.6 Å². The Hall–Kier alpha value is -3.88. The third-order valence-corrected chi connectivity index (χ3v) is 5.66. The van der Waals surface area contributed by atoms with Crippen molar-refractivity contribution in [2.75, 3.05) is 14.1 Å². The Bertz CT molecular complexity index is 1070. The number of urea groups is 1. The van der Waals surface area contributed by atoms with Gasteiger partial charge in [0.25, 0.3) is 17.5 Å². The topological polar surface area (TPSA) is 113 Å². The summed E-state index contributed by atoms with van der Waals surface area (Å²) in [6.45, 7) is 0. The van der Waals surface area contributed by atoms with Gasteiger partial charge in [-0.1, -0.05) is 30.3 Å². The molecular weight excluding hydrogens is 388 g/mol. The number of barbiturate groups is 1. The molecule has 0 N–H and O–H groups in total. The lowest BCUT2D eigenvalue weighted by Crippen LogP contribution is -2.67. The van der Waals surface area contributed by atoms with Crippen LogP contribution in [0.25, 0.3) is 0 Å². The highest BCUT2D eigenvalue weighted by molar-refractivity contribution is 6.25. The maximum atomic E-state index is 13.3. The number of likely N-dealkylation sites (N-methyl/N-ethyl adjacent to an activating group) is 2. The Balaban J connectivity index is 1.87. The number of benzene rings is 2. The second-order valence-corrected chi connectivity index (χ2v) is 7.31. The minimum Gasteiger partial charge on any atom is -0.271 e. The van der Waals surface area contributed by atoms with E-state index in [4.69, 9.17) is 0 Å². The van der Waals surface area contributed by atoms with Crippen molar-refractivity contribution in [1.82, 2.24) is 9.80 Å². The molecule has 1 saturated heterocycles. The van der Waals surface area contributed by atoms with E-state index in [-0.39, 0.29) is 12.1 Å². The number of rotatable bonds is 3. The third kappa shape index (κ3) is 2.70. The van der Waals surface area contributed by atoms with Gasteiger partial charge in [0.2, 0.25) is 5.54 Å². The van der Waals surface area contributed by atoms with E-state index in [1.807, 2.05) is 30.3 Å². The molecule has 1 spiro atoms. The van der Waals surface area contributed by atoms with Crippen LogP contribution < -0.4 is 0 Å². The van der Waals surface area contributed by atoms with E-state index in [0.717, 1.165) is 15.4 Å². The zero-order valence-corrected chi connectivity index (χ0v) is 16.3. The average Bonchev–Trinajstić information content (AvgIpc) is 3.18. The minimum absolute atomic E-state index is 0.0680. The van der Waals surface area contributed by atoms with E-state index >= 15 is 0 Å². The van der Waals surface area contributed by atoms with Gasteiger partial charge in [-0.15, -0.1) is 0 Å². The van der Waals surface area contributed by atoms with Gasteiger partial charge in [-0.2, -0.15) is 0 Å². The number of carbonyl (C=O) groups excluding carboxylic acids is 3. The molecule has 1 atom stereocenters. The van der Waals surface area contributed by atoms with E-state index in [1.165, 1.54) is 26.2 Å². The summed E-state index contributed by atoms with van der Waals surface area (Å²) in [5.74, 6) is -1.97. The summed E-state index contributed by atoms with van der Waals surface area (Å²) in [5.41, 5.74) is -0.0500. The first kappa shape index (κ1) is 19.4. The number of hydrogen-bond donors (Lipinski definition) is 0. The van der Waals surface area contributed by atoms with Crippen LogP contribution in [0.5, 0.6) is 0 Å². The van der Waals surface area contributed by atoms with E-state index in [9.17, 15) is 24.5 Å². The summed E-state index contributed by atoms with van der Waals surface area (Å²) in [6.07, 6.45) is 0.273. The molecule has 0 radical (unpaired) electrons. The van der Waals surface area contributed by atoms with Gasteiger partial charge >= 0.3 is 6.03 Å². The van der Waals surface area contributed by atoms with Crippen LogP contribution in [-0.4, -0.2) is 57.9 Å². The zero-order valence-electron chi connectivity index (χ0n) is 16.3. The summed E-state index contributed by atoms with van der Waals surface area (Å²) in [4.78, 5) is 55.7. The Morgan fingerprint density at radius 2 is 1.53 bits per heavy atom. The number of amides is 4. The van der Waals surface area contributed by atoms with Gasteiger partial charge in [-0.3, -0.25) is 34.5 Å². The number of non-ortho nitro benzene ring substituents is 1. The van der Waals surface area contributed by atoms with Gasteiger partial charge in [0.05, 0.1) is 4.92 Å². The zero-order chi connectivity index (χ0) is 21.6. The Morgan fingerprint density at radius 1 is 0.967 bits per heavy atom. The van der Waals surface area contributed by atoms with Crippen LogP contribution in [0, 0.1) is 10.1 Å². The molecule has 2 heterocycles. The van der Waals surface area contributed by atoms with Gasteiger partial charge < -0.3 is 0 Å². The maximum Gasteiger partial charge on any atom is 0.333 e. The number of imide groups is 2. The van der Waals surface area contributed by atoms with Crippen molar-refractivity contribution in [3.8, 4) is 0 Å². The van der Waals surface area contributed by atoms with E-state index < -0.39 is 34.2 Å². The molecule has 2 aromatic rings. The van der Waals surface area contributed by atoms with Crippen molar-refractivity contribution < 1.29 is 19.3 Å². The number of nitro groups is 1. The van der Waals surface area contributed by atoms with E-state index in [2.05, 4.69) is 4.99 Å². The molecule has 9 heteroatoms. The first-order valence-corrected chi connectivity index (χ1v) is 9.26. The Morgan fingerprint density at radius 3 is 2.07 bits per heavy atom. The molecule has 0 aromatic heterocycles. The lowest BCUT2D eigenvalue weighted by atomic mass is 9.76. The van der Waals surface area contributed by atoms with Gasteiger partial charge in [0.15, 0.2) is 0 Å². The van der Waals surface area contributed by atoms with Crippen molar-refractivity contribution in [3.05, 3.63) is 75.8 Å². The SMILES string of the molecule is CN1C(=O)N(C)C(=O)C2(N=C(c3ccc([N+](=O)[O-])cc3)CC2c2ccccc2)C1=O. The molecule has 2 aromatic carbocycles. The molecule has 30 heavy (non-hydrogen) atoms. The fraction of sp³-hybridized carbons (Fsp3) is 0.238. The Labute approximate surface area is 171 Å². The fourth-order valence-electron chi connectivity index (χ4n) is 4.08. The highest BCUT2D eigenvalue weighted by Crippen LogP contribution is 2.45. The van der Waals surface area contributed by atoms with Gasteiger partial charge in [0, 0.05) is 44.3 Å². The van der Waals surface area contributed by atoms with Crippen LogP contribution in [-0.2, 0) is 9.59 Å². The van der Waals surface area contributed by atoms with Crippen molar-refractivity contribution in [2.24, 2.45) is 4.99 Å². The molecule has 152 valence electrons. The number of carbonyl (C=O) groups is 3. The third-order valence-electron chi connectivity index (χ3n) is 5.66. The number of hydrogen-bond acceptors (Lipinski definition) is 6. The van der Waals surface area contributed by atoms with Gasteiger partial charge in [-0.25, -0.2) is 4.79 Å². The molecule has 2 aliphatic rings. The van der Waals surface area contributed by atoms with Crippen LogP contribution >= 0.6 is 0 Å². The molecule has 0 aliphatic carbocycles. The summed E-state index contributed by atoms with van der Waals surface area (Å²) in [6, 6.07) is 14.2. The molecule has 0 saturated carbocycles. The summed E-state index contributed by atoms with van der Waals surface area (Å²) in [7, 11) is 2.66. The summed E-state index contributed by atoms with van der Waals surface area (Å²) < 4.78 is 0. The second kappa shape index (κ2) is 6.87. The lowest BCUT2D eigenvalue weighted by Gasteiger charge is -2.40. The monoisotopic (exact) mass is 406 g/mol. The predicted octanol–water partition coefficient (Wildman–Crippen LogP) is 2.36. The summed E-state index contributed by atoms with van der Waals surface area (Å²) >= 11 is 0. The highest BCUT2D eigenvalue weighted by Gasteiger charge is 2.63. The fourth-order valence-corrected chi connectivity index (χ4v) is 4.08. The highest BCUT2D eigenvalue weighted by atomic mass is 16.6.